The number of aliphatic hydroxyl groups excluding tert-OH is 2. The first-order chi connectivity index (χ1) is 8.72. The van der Waals surface area contributed by atoms with Gasteiger partial charge in [-0.15, -0.1) is 0 Å². The molecule has 0 fully saturated rings. The number of rotatable bonds is 4. The summed E-state index contributed by atoms with van der Waals surface area (Å²) in [5.74, 6) is 0.0907. The van der Waals surface area contributed by atoms with Gasteiger partial charge < -0.3 is 10.2 Å². The third kappa shape index (κ3) is 2.78. The van der Waals surface area contributed by atoms with E-state index in [4.69, 9.17) is 0 Å². The lowest BCUT2D eigenvalue weighted by Crippen LogP contribution is -2.03. The minimum Gasteiger partial charge on any atom is -0.396 e. The van der Waals surface area contributed by atoms with Crippen LogP contribution >= 0.6 is 0 Å². The van der Waals surface area contributed by atoms with Crippen LogP contribution in [0.3, 0.4) is 0 Å². The highest BCUT2D eigenvalue weighted by molar-refractivity contribution is 5.33. The van der Waals surface area contributed by atoms with Crippen molar-refractivity contribution in [2.45, 2.75) is 18.9 Å². The Balaban J connectivity index is 2.28. The first-order valence-corrected chi connectivity index (χ1v) is 6.16. The van der Waals surface area contributed by atoms with Gasteiger partial charge in [0.25, 0.3) is 0 Å². The Morgan fingerprint density at radius 3 is 2.17 bits per heavy atom. The molecule has 0 aliphatic heterocycles. The summed E-state index contributed by atoms with van der Waals surface area (Å²) in [5.41, 5.74) is 2.79. The average Bonchev–Trinajstić information content (AvgIpc) is 2.46. The van der Waals surface area contributed by atoms with Crippen LogP contribution in [0, 0.1) is 0 Å². The van der Waals surface area contributed by atoms with Gasteiger partial charge in [0.05, 0.1) is 0 Å². The molecule has 0 aromatic heterocycles. The summed E-state index contributed by atoms with van der Waals surface area (Å²) in [5, 5.41) is 19.5. The predicted molar refractivity (Wildman–Crippen MR) is 72.4 cm³/mol. The predicted octanol–water partition coefficient (Wildman–Crippen LogP) is 2.86. The second-order valence-corrected chi connectivity index (χ2v) is 4.57. The molecule has 0 spiro atoms. The van der Waals surface area contributed by atoms with Crippen molar-refractivity contribution in [3.63, 3.8) is 0 Å². The summed E-state index contributed by atoms with van der Waals surface area (Å²) < 4.78 is 0. The summed E-state index contributed by atoms with van der Waals surface area (Å²) in [6.45, 7) is 2.08. The molecule has 2 atom stereocenters. The lowest BCUT2D eigenvalue weighted by molar-refractivity contribution is 0.220. The molecule has 0 saturated carbocycles. The Hall–Kier alpha value is -1.64. The largest absolute Gasteiger partial charge is 0.396 e. The van der Waals surface area contributed by atoms with Gasteiger partial charge in [0.2, 0.25) is 0 Å². The number of aliphatic hydroxyl groups is 2. The smallest absolute Gasteiger partial charge is 0.104 e. The highest BCUT2D eigenvalue weighted by Crippen LogP contribution is 2.24. The molecule has 94 valence electrons. The van der Waals surface area contributed by atoms with Crippen LogP contribution in [0.25, 0.3) is 0 Å². The van der Waals surface area contributed by atoms with E-state index in [2.05, 4.69) is 0 Å². The molecular formula is C16H18O2. The minimum absolute atomic E-state index is 0.0907. The fourth-order valence-corrected chi connectivity index (χ4v) is 1.97. The van der Waals surface area contributed by atoms with Crippen LogP contribution in [-0.4, -0.2) is 16.8 Å². The molecular weight excluding hydrogens is 224 g/mol. The van der Waals surface area contributed by atoms with Gasteiger partial charge in [-0.25, -0.2) is 0 Å². The molecule has 18 heavy (non-hydrogen) atoms. The van der Waals surface area contributed by atoms with Gasteiger partial charge in [-0.3, -0.25) is 0 Å². The molecule has 0 aliphatic rings. The van der Waals surface area contributed by atoms with Gasteiger partial charge in [-0.1, -0.05) is 61.5 Å². The van der Waals surface area contributed by atoms with Crippen LogP contribution in [0.15, 0.2) is 54.6 Å². The number of hydrogen-bond acceptors (Lipinski definition) is 2. The van der Waals surface area contributed by atoms with Crippen molar-refractivity contribution in [1.29, 1.82) is 0 Å². The van der Waals surface area contributed by atoms with Crippen LogP contribution in [0.2, 0.25) is 0 Å². The van der Waals surface area contributed by atoms with Crippen molar-refractivity contribution in [1.82, 2.24) is 0 Å². The summed E-state index contributed by atoms with van der Waals surface area (Å²) in [7, 11) is 0. The van der Waals surface area contributed by atoms with Crippen molar-refractivity contribution in [3.8, 4) is 0 Å². The van der Waals surface area contributed by atoms with Crippen molar-refractivity contribution >= 4 is 0 Å². The summed E-state index contributed by atoms with van der Waals surface area (Å²) in [4.78, 5) is 0. The van der Waals surface area contributed by atoms with Crippen LogP contribution in [-0.2, 0) is 0 Å². The van der Waals surface area contributed by atoms with Crippen LogP contribution in [0.5, 0.6) is 0 Å². The molecule has 0 heterocycles. The van der Waals surface area contributed by atoms with Crippen molar-refractivity contribution in [2.24, 2.45) is 0 Å². The summed E-state index contributed by atoms with van der Waals surface area (Å²) in [6, 6.07) is 17.3. The average molecular weight is 242 g/mol. The van der Waals surface area contributed by atoms with E-state index in [1.807, 2.05) is 61.5 Å². The Morgan fingerprint density at radius 1 is 0.889 bits per heavy atom. The van der Waals surface area contributed by atoms with Gasteiger partial charge in [-0.2, -0.15) is 0 Å². The lowest BCUT2D eigenvalue weighted by atomic mass is 9.95. The van der Waals surface area contributed by atoms with Crippen molar-refractivity contribution in [3.05, 3.63) is 71.3 Å². The van der Waals surface area contributed by atoms with E-state index in [-0.39, 0.29) is 12.5 Å². The maximum atomic E-state index is 10.3. The first kappa shape index (κ1) is 12.8. The molecule has 0 saturated heterocycles. The molecule has 2 rings (SSSR count). The third-order valence-corrected chi connectivity index (χ3v) is 3.18. The van der Waals surface area contributed by atoms with E-state index < -0.39 is 6.10 Å². The van der Waals surface area contributed by atoms with E-state index in [9.17, 15) is 10.2 Å². The van der Waals surface area contributed by atoms with Crippen molar-refractivity contribution < 1.29 is 10.2 Å². The van der Waals surface area contributed by atoms with E-state index in [0.717, 1.165) is 16.7 Å². The molecule has 2 N–H and O–H groups in total. The maximum absolute atomic E-state index is 10.3. The molecule has 0 radical (unpaired) electrons. The SMILES string of the molecule is CC(CO)c1cccc(C(O)c2ccccc2)c1. The minimum atomic E-state index is -0.614. The lowest BCUT2D eigenvalue weighted by Gasteiger charge is -2.14. The monoisotopic (exact) mass is 242 g/mol. The maximum Gasteiger partial charge on any atom is 0.104 e. The molecule has 2 nitrogen and oxygen atoms in total. The number of hydrogen-bond donors (Lipinski definition) is 2. The zero-order valence-corrected chi connectivity index (χ0v) is 10.5. The Bertz CT molecular complexity index is 493. The van der Waals surface area contributed by atoms with Crippen LogP contribution in [0.4, 0.5) is 0 Å². The topological polar surface area (TPSA) is 40.5 Å². The Morgan fingerprint density at radius 2 is 1.50 bits per heavy atom. The van der Waals surface area contributed by atoms with Crippen LogP contribution < -0.4 is 0 Å². The molecule has 0 aliphatic carbocycles. The highest BCUT2D eigenvalue weighted by Gasteiger charge is 2.12. The molecule has 2 aromatic carbocycles. The van der Waals surface area contributed by atoms with Gasteiger partial charge in [0, 0.05) is 12.5 Å². The second kappa shape index (κ2) is 5.80. The Labute approximate surface area is 108 Å². The molecule has 2 unspecified atom stereocenters. The zero-order valence-electron chi connectivity index (χ0n) is 10.5. The number of benzene rings is 2. The summed E-state index contributed by atoms with van der Waals surface area (Å²) >= 11 is 0. The fraction of sp³-hybridized carbons (Fsp3) is 0.250. The van der Waals surface area contributed by atoms with E-state index >= 15 is 0 Å². The second-order valence-electron chi connectivity index (χ2n) is 4.57. The van der Waals surface area contributed by atoms with Gasteiger partial charge in [0.15, 0.2) is 0 Å². The standard InChI is InChI=1S/C16H18O2/c1-12(11-17)14-8-5-9-15(10-14)16(18)13-6-3-2-4-7-13/h2-10,12,16-18H,11H2,1H3. The van der Waals surface area contributed by atoms with E-state index in [1.54, 1.807) is 0 Å². The first-order valence-electron chi connectivity index (χ1n) is 6.16. The molecule has 2 heteroatoms. The summed E-state index contributed by atoms with van der Waals surface area (Å²) in [6.07, 6.45) is -0.614. The van der Waals surface area contributed by atoms with E-state index in [0.29, 0.717) is 0 Å². The normalized spacial score (nSPS) is 14.2. The van der Waals surface area contributed by atoms with Gasteiger partial charge in [-0.05, 0) is 16.7 Å². The van der Waals surface area contributed by atoms with E-state index in [1.165, 1.54) is 0 Å². The van der Waals surface area contributed by atoms with Crippen molar-refractivity contribution in [2.75, 3.05) is 6.61 Å². The fourth-order valence-electron chi connectivity index (χ4n) is 1.97. The molecule has 2 aromatic rings. The highest BCUT2D eigenvalue weighted by atomic mass is 16.3. The third-order valence-electron chi connectivity index (χ3n) is 3.18. The van der Waals surface area contributed by atoms with Crippen LogP contribution in [0.1, 0.15) is 35.6 Å². The Kier molecular flexibility index (Phi) is 4.13. The van der Waals surface area contributed by atoms with Gasteiger partial charge >= 0.3 is 0 Å². The molecule has 0 amide bonds. The van der Waals surface area contributed by atoms with Gasteiger partial charge in [0.1, 0.15) is 6.10 Å². The quantitative estimate of drug-likeness (QED) is 0.865. The zero-order chi connectivity index (χ0) is 13.0. The molecule has 0 bridgehead atoms.